The van der Waals surface area contributed by atoms with Crippen LogP contribution >= 0.6 is 24.0 Å². The maximum absolute atomic E-state index is 5.61. The fourth-order valence-electron chi connectivity index (χ4n) is 1.59. The summed E-state index contributed by atoms with van der Waals surface area (Å²) < 4.78 is 5.61. The Hall–Kier alpha value is -1.24. The zero-order valence-electron chi connectivity index (χ0n) is 12.3. The Kier molecular flexibility index (Phi) is 9.88. The van der Waals surface area contributed by atoms with Gasteiger partial charge in [0.2, 0.25) is 0 Å². The molecule has 2 N–H and O–H groups in total. The molecule has 0 aliphatic rings. The number of hydrogen-bond donors (Lipinski definition) is 2. The van der Waals surface area contributed by atoms with E-state index in [4.69, 9.17) is 4.74 Å². The van der Waals surface area contributed by atoms with Crippen LogP contribution in [-0.4, -0.2) is 25.7 Å². The van der Waals surface area contributed by atoms with Gasteiger partial charge in [-0.1, -0.05) is 30.9 Å². The Bertz CT molecular complexity index is 433. The molecule has 0 heterocycles. The summed E-state index contributed by atoms with van der Waals surface area (Å²) >= 11 is 0. The number of ether oxygens (including phenoxy) is 1. The largest absolute Gasteiger partial charge is 0.489 e. The summed E-state index contributed by atoms with van der Waals surface area (Å²) in [6, 6.07) is 8.30. The number of para-hydroxylation sites is 1. The molecule has 0 unspecified atom stereocenters. The smallest absolute Gasteiger partial charge is 0.191 e. The van der Waals surface area contributed by atoms with Gasteiger partial charge in [-0.05, 0) is 19.9 Å². The second-order valence-electron chi connectivity index (χ2n) is 4.43. The molecule has 0 radical (unpaired) electrons. The van der Waals surface area contributed by atoms with E-state index in [0.717, 1.165) is 17.3 Å². The molecule has 4 nitrogen and oxygen atoms in total. The van der Waals surface area contributed by atoms with Crippen molar-refractivity contribution in [3.8, 4) is 5.75 Å². The Morgan fingerprint density at radius 2 is 2.10 bits per heavy atom. The normalized spacial score (nSPS) is 10.7. The van der Waals surface area contributed by atoms with Crippen LogP contribution in [0.2, 0.25) is 0 Å². The molecule has 0 atom stereocenters. The summed E-state index contributed by atoms with van der Waals surface area (Å²) in [5, 5.41) is 6.51. The molecule has 1 rings (SSSR count). The van der Waals surface area contributed by atoms with E-state index in [1.807, 2.05) is 24.3 Å². The van der Waals surface area contributed by atoms with Gasteiger partial charge in [0.15, 0.2) is 5.96 Å². The van der Waals surface area contributed by atoms with Crippen molar-refractivity contribution in [2.24, 2.45) is 4.99 Å². The number of hydrogen-bond acceptors (Lipinski definition) is 2. The monoisotopic (exact) mass is 389 g/mol. The van der Waals surface area contributed by atoms with E-state index in [1.54, 1.807) is 13.1 Å². The fourth-order valence-corrected chi connectivity index (χ4v) is 1.59. The summed E-state index contributed by atoms with van der Waals surface area (Å²) in [4.78, 5) is 4.17. The molecule has 1 aromatic rings. The Labute approximate surface area is 138 Å². The average molecular weight is 389 g/mol. The van der Waals surface area contributed by atoms with Gasteiger partial charge in [-0.2, -0.15) is 0 Å². The maximum Gasteiger partial charge on any atom is 0.191 e. The molecular formula is C15H24IN3O. The van der Waals surface area contributed by atoms with E-state index < -0.39 is 0 Å². The van der Waals surface area contributed by atoms with E-state index in [-0.39, 0.29) is 24.0 Å². The van der Waals surface area contributed by atoms with Crippen LogP contribution in [0, 0.1) is 0 Å². The van der Waals surface area contributed by atoms with Crippen molar-refractivity contribution in [2.45, 2.75) is 26.4 Å². The summed E-state index contributed by atoms with van der Waals surface area (Å²) in [5.41, 5.74) is 1.09. The lowest BCUT2D eigenvalue weighted by molar-refractivity contribution is 0.358. The molecule has 0 aliphatic heterocycles. The molecule has 0 amide bonds. The fraction of sp³-hybridized carbons (Fsp3) is 0.400. The first kappa shape index (κ1) is 18.8. The predicted molar refractivity (Wildman–Crippen MR) is 96.0 cm³/mol. The van der Waals surface area contributed by atoms with Crippen molar-refractivity contribution in [3.05, 3.63) is 42.5 Å². The van der Waals surface area contributed by atoms with Crippen molar-refractivity contribution >= 4 is 29.9 Å². The van der Waals surface area contributed by atoms with Crippen LogP contribution in [-0.2, 0) is 6.54 Å². The minimum atomic E-state index is 0. The van der Waals surface area contributed by atoms with Gasteiger partial charge < -0.3 is 15.4 Å². The number of guanidine groups is 1. The van der Waals surface area contributed by atoms with Gasteiger partial charge in [0, 0.05) is 25.2 Å². The highest BCUT2D eigenvalue weighted by atomic mass is 127. The second-order valence-corrected chi connectivity index (χ2v) is 4.43. The van der Waals surface area contributed by atoms with Gasteiger partial charge in [0.25, 0.3) is 0 Å². The Balaban J connectivity index is 0.00000361. The highest BCUT2D eigenvalue weighted by Crippen LogP contribution is 2.17. The first-order valence-corrected chi connectivity index (χ1v) is 6.46. The van der Waals surface area contributed by atoms with Gasteiger partial charge in [-0.3, -0.25) is 4.99 Å². The van der Waals surface area contributed by atoms with Crippen molar-refractivity contribution in [3.63, 3.8) is 0 Å². The van der Waals surface area contributed by atoms with Crippen molar-refractivity contribution in [1.29, 1.82) is 0 Å². The van der Waals surface area contributed by atoms with E-state index in [0.29, 0.717) is 19.2 Å². The third kappa shape index (κ3) is 6.79. The number of aliphatic imine (C=N–C) groups is 1. The molecule has 0 aromatic heterocycles. The topological polar surface area (TPSA) is 45.6 Å². The molecule has 0 bridgehead atoms. The standard InChI is InChI=1S/C15H23N3O.HI/c1-5-10-19-14-9-7-6-8-13(14)11-17-15(16-4)18-12(2)3;/h5-9,12H,1,10-11H2,2-4H3,(H2,16,17,18);1H. The number of benzene rings is 1. The van der Waals surface area contributed by atoms with Gasteiger partial charge >= 0.3 is 0 Å². The molecule has 0 spiro atoms. The van der Waals surface area contributed by atoms with Gasteiger partial charge in [-0.25, -0.2) is 0 Å². The quantitative estimate of drug-likeness (QED) is 0.340. The third-order valence-electron chi connectivity index (χ3n) is 2.42. The highest BCUT2D eigenvalue weighted by molar-refractivity contribution is 14.0. The van der Waals surface area contributed by atoms with Crippen LogP contribution in [0.25, 0.3) is 0 Å². The first-order valence-electron chi connectivity index (χ1n) is 6.46. The van der Waals surface area contributed by atoms with Crippen LogP contribution in [0.4, 0.5) is 0 Å². The molecule has 5 heteroatoms. The zero-order chi connectivity index (χ0) is 14.1. The van der Waals surface area contributed by atoms with Crippen LogP contribution < -0.4 is 15.4 Å². The summed E-state index contributed by atoms with van der Waals surface area (Å²) in [6.45, 7) is 8.99. The zero-order valence-corrected chi connectivity index (χ0v) is 14.7. The van der Waals surface area contributed by atoms with Crippen LogP contribution in [0.3, 0.4) is 0 Å². The van der Waals surface area contributed by atoms with E-state index in [1.165, 1.54) is 0 Å². The second kappa shape index (κ2) is 10.5. The van der Waals surface area contributed by atoms with Gasteiger partial charge in [-0.15, -0.1) is 24.0 Å². The number of nitrogens with one attached hydrogen (secondary N) is 2. The summed E-state index contributed by atoms with van der Waals surface area (Å²) in [5.74, 6) is 1.66. The van der Waals surface area contributed by atoms with Crippen LogP contribution in [0.5, 0.6) is 5.75 Å². The maximum atomic E-state index is 5.61. The lowest BCUT2D eigenvalue weighted by Crippen LogP contribution is -2.40. The molecule has 0 aliphatic carbocycles. The van der Waals surface area contributed by atoms with E-state index in [2.05, 4.69) is 36.1 Å². The molecule has 1 aromatic carbocycles. The third-order valence-corrected chi connectivity index (χ3v) is 2.42. The highest BCUT2D eigenvalue weighted by Gasteiger charge is 2.04. The Morgan fingerprint density at radius 3 is 2.70 bits per heavy atom. The summed E-state index contributed by atoms with van der Waals surface area (Å²) in [7, 11) is 1.76. The molecule has 20 heavy (non-hydrogen) atoms. The SMILES string of the molecule is C=CCOc1ccccc1CNC(=NC)NC(C)C.I. The van der Waals surface area contributed by atoms with Crippen molar-refractivity contribution < 1.29 is 4.74 Å². The van der Waals surface area contributed by atoms with Gasteiger partial charge in [0.1, 0.15) is 12.4 Å². The lowest BCUT2D eigenvalue weighted by Gasteiger charge is -2.16. The molecule has 0 fully saturated rings. The Morgan fingerprint density at radius 1 is 1.40 bits per heavy atom. The number of rotatable bonds is 6. The minimum absolute atomic E-state index is 0. The van der Waals surface area contributed by atoms with Gasteiger partial charge in [0.05, 0.1) is 0 Å². The molecule has 0 saturated heterocycles. The molecular weight excluding hydrogens is 365 g/mol. The van der Waals surface area contributed by atoms with Crippen molar-refractivity contribution in [1.82, 2.24) is 10.6 Å². The molecule has 112 valence electrons. The van der Waals surface area contributed by atoms with E-state index in [9.17, 15) is 0 Å². The minimum Gasteiger partial charge on any atom is -0.489 e. The van der Waals surface area contributed by atoms with Crippen LogP contribution in [0.15, 0.2) is 41.9 Å². The van der Waals surface area contributed by atoms with Crippen LogP contribution in [0.1, 0.15) is 19.4 Å². The average Bonchev–Trinajstić information content (AvgIpc) is 2.41. The molecule has 0 saturated carbocycles. The first-order chi connectivity index (χ1) is 9.17. The summed E-state index contributed by atoms with van der Waals surface area (Å²) in [6.07, 6.45) is 1.74. The number of halogens is 1. The van der Waals surface area contributed by atoms with Crippen molar-refractivity contribution in [2.75, 3.05) is 13.7 Å². The lowest BCUT2D eigenvalue weighted by atomic mass is 10.2. The van der Waals surface area contributed by atoms with E-state index >= 15 is 0 Å². The predicted octanol–water partition coefficient (Wildman–Crippen LogP) is 2.94. The number of nitrogens with zero attached hydrogens (tertiary/aromatic N) is 1.